The van der Waals surface area contributed by atoms with E-state index in [2.05, 4.69) is 0 Å². The number of nitro groups is 3. The first-order valence-electron chi connectivity index (χ1n) is 3.63. The molecule has 1 rings (SSSR count). The highest BCUT2D eigenvalue weighted by molar-refractivity contribution is 5.64. The highest BCUT2D eigenvalue weighted by atomic mass is 16.6. The van der Waals surface area contributed by atoms with Crippen LogP contribution in [-0.2, 0) is 5.11 Å². The molecule has 0 aromatic heterocycles. The second-order valence-corrected chi connectivity index (χ2v) is 2.58. The lowest BCUT2D eigenvalue weighted by Gasteiger charge is -1.95. The predicted octanol–water partition coefficient (Wildman–Crippen LogP) is 1.56. The maximum atomic E-state index is 11.1. The highest BCUT2D eigenvalue weighted by Crippen LogP contribution is 2.39. The molecule has 1 aromatic rings. The Morgan fingerprint density at radius 3 is 1.44 bits per heavy atom. The monoisotopic (exact) mass is 228 g/mol. The van der Waals surface area contributed by atoms with E-state index in [-0.39, 0.29) is 0 Å². The van der Waals surface area contributed by atoms with Gasteiger partial charge in [-0.05, 0) is 0 Å². The summed E-state index contributed by atoms with van der Waals surface area (Å²) in [5.74, 6) is -1.46. The summed E-state index contributed by atoms with van der Waals surface area (Å²) >= 11 is 0. The van der Waals surface area contributed by atoms with Crippen LogP contribution in [0.3, 0.4) is 0 Å². The number of hydrogen-bond donors (Lipinski definition) is 0. The molecule has 0 N–H and O–H groups in total. The van der Waals surface area contributed by atoms with E-state index in [1.807, 2.05) is 0 Å². The zero-order chi connectivity index (χ0) is 12.5. The van der Waals surface area contributed by atoms with Crippen molar-refractivity contribution in [1.29, 1.82) is 0 Å². The fourth-order valence-electron chi connectivity index (χ4n) is 0.961. The van der Waals surface area contributed by atoms with E-state index in [9.17, 15) is 35.4 Å². The fraction of sp³-hybridized carbons (Fsp3) is 0. The Morgan fingerprint density at radius 2 is 1.19 bits per heavy atom. The zero-order valence-corrected chi connectivity index (χ0v) is 7.35. The molecule has 0 aliphatic carbocycles. The number of rotatable bonds is 3. The fourth-order valence-corrected chi connectivity index (χ4v) is 0.961. The minimum Gasteiger partial charge on any atom is -0.274 e. The first kappa shape index (κ1) is 11.3. The van der Waals surface area contributed by atoms with Crippen molar-refractivity contribution in [1.82, 2.24) is 0 Å². The van der Waals surface area contributed by atoms with Gasteiger partial charge in [-0.2, -0.15) is 0 Å². The summed E-state index contributed by atoms with van der Waals surface area (Å²) in [6.07, 6.45) is 0. The maximum absolute atomic E-state index is 11.1. The van der Waals surface area contributed by atoms with Crippen LogP contribution in [0.4, 0.5) is 17.1 Å². The van der Waals surface area contributed by atoms with Crippen molar-refractivity contribution in [2.45, 2.75) is 0 Å². The molecule has 16 heavy (non-hydrogen) atoms. The molecular weight excluding hydrogens is 226 g/mol. The highest BCUT2D eigenvalue weighted by Gasteiger charge is 2.31. The molecule has 0 amide bonds. The number of nitro benzene ring substituents is 3. The number of nitrogens with zero attached hydrogens (tertiary/aromatic N) is 3. The summed E-state index contributed by atoms with van der Waals surface area (Å²) in [6, 6.07) is 0.769. The predicted molar refractivity (Wildman–Crippen MR) is 46.5 cm³/mol. The molecule has 0 fully saturated rings. The van der Waals surface area contributed by atoms with Crippen molar-refractivity contribution in [3.8, 4) is 5.75 Å². The molecule has 0 atom stereocenters. The van der Waals surface area contributed by atoms with Crippen molar-refractivity contribution in [3.05, 3.63) is 42.5 Å². The third kappa shape index (κ3) is 1.84. The normalized spacial score (nSPS) is 9.75. The molecule has 1 aromatic carbocycles. The molecule has 0 aliphatic rings. The summed E-state index contributed by atoms with van der Waals surface area (Å²) in [7, 11) is 0. The van der Waals surface area contributed by atoms with Gasteiger partial charge in [-0.1, -0.05) is 0 Å². The van der Waals surface area contributed by atoms with Gasteiger partial charge in [-0.25, -0.2) is 0 Å². The van der Waals surface area contributed by atoms with Crippen molar-refractivity contribution in [2.75, 3.05) is 0 Å². The van der Waals surface area contributed by atoms with Crippen LogP contribution in [0.1, 0.15) is 0 Å². The first-order valence-corrected chi connectivity index (χ1v) is 3.63. The SMILES string of the molecule is [O]c1c([N+](=O)[O-])cc([N+](=O)[O-])cc1[N+](=O)[O-]. The molecular formula is C6H2N3O7. The standard InChI is InChI=1S/C6H2N3O7/c10-6-4(8(13)14)1-3(7(11)12)2-5(6)9(15)16/h1-2H. The van der Waals surface area contributed by atoms with E-state index in [0.717, 1.165) is 0 Å². The van der Waals surface area contributed by atoms with Gasteiger partial charge < -0.3 is 0 Å². The minimum absolute atomic E-state index is 0.384. The second kappa shape index (κ2) is 3.76. The van der Waals surface area contributed by atoms with E-state index in [1.54, 1.807) is 0 Å². The van der Waals surface area contributed by atoms with Gasteiger partial charge in [0.2, 0.25) is 0 Å². The number of hydrogen-bond acceptors (Lipinski definition) is 6. The van der Waals surface area contributed by atoms with E-state index in [4.69, 9.17) is 0 Å². The summed E-state index contributed by atoms with van der Waals surface area (Å²) in [4.78, 5) is 27.5. The van der Waals surface area contributed by atoms with Crippen LogP contribution in [0.5, 0.6) is 5.75 Å². The van der Waals surface area contributed by atoms with Crippen LogP contribution >= 0.6 is 0 Å². The van der Waals surface area contributed by atoms with Gasteiger partial charge in [0.15, 0.2) is 0 Å². The van der Waals surface area contributed by atoms with Gasteiger partial charge >= 0.3 is 17.1 Å². The average Bonchev–Trinajstić information content (AvgIpc) is 2.16. The van der Waals surface area contributed by atoms with Gasteiger partial charge in [0.05, 0.1) is 26.9 Å². The van der Waals surface area contributed by atoms with E-state index >= 15 is 0 Å². The van der Waals surface area contributed by atoms with Gasteiger partial charge in [-0.3, -0.25) is 35.4 Å². The van der Waals surface area contributed by atoms with Crippen LogP contribution in [0.25, 0.3) is 0 Å². The van der Waals surface area contributed by atoms with E-state index in [0.29, 0.717) is 12.1 Å². The van der Waals surface area contributed by atoms with Crippen LogP contribution < -0.4 is 0 Å². The smallest absolute Gasteiger partial charge is 0.274 e. The summed E-state index contributed by atoms with van der Waals surface area (Å²) in [5.41, 5.74) is -3.26. The molecule has 0 bridgehead atoms. The summed E-state index contributed by atoms with van der Waals surface area (Å²) in [5, 5.41) is 42.1. The Kier molecular flexibility index (Phi) is 2.66. The van der Waals surface area contributed by atoms with Gasteiger partial charge in [0.25, 0.3) is 5.69 Å². The molecule has 0 heterocycles. The Hall–Kier alpha value is -2.78. The molecule has 0 aliphatic heterocycles. The molecule has 0 unspecified atom stereocenters. The lowest BCUT2D eigenvalue weighted by atomic mass is 10.2. The lowest BCUT2D eigenvalue weighted by Crippen LogP contribution is -1.97. The third-order valence-corrected chi connectivity index (χ3v) is 1.64. The van der Waals surface area contributed by atoms with Gasteiger partial charge in [-0.15, -0.1) is 0 Å². The molecule has 10 heteroatoms. The Balaban J connectivity index is 3.57. The molecule has 0 saturated carbocycles. The summed E-state index contributed by atoms with van der Waals surface area (Å²) in [6.45, 7) is 0. The van der Waals surface area contributed by atoms with E-state index < -0.39 is 37.6 Å². The number of non-ortho nitro benzene ring substituents is 1. The van der Waals surface area contributed by atoms with Gasteiger partial charge in [0.1, 0.15) is 0 Å². The average molecular weight is 228 g/mol. The topological polar surface area (TPSA) is 149 Å². The Labute approximate surface area is 86.2 Å². The van der Waals surface area contributed by atoms with Crippen molar-refractivity contribution in [2.24, 2.45) is 0 Å². The van der Waals surface area contributed by atoms with Crippen molar-refractivity contribution >= 4 is 17.1 Å². The second-order valence-electron chi connectivity index (χ2n) is 2.58. The molecule has 0 saturated heterocycles. The zero-order valence-electron chi connectivity index (χ0n) is 7.35. The quantitative estimate of drug-likeness (QED) is 0.565. The molecule has 0 spiro atoms. The molecule has 83 valence electrons. The Morgan fingerprint density at radius 1 is 0.812 bits per heavy atom. The first-order chi connectivity index (χ1) is 7.34. The lowest BCUT2D eigenvalue weighted by molar-refractivity contribution is -0.405. The van der Waals surface area contributed by atoms with Crippen molar-refractivity contribution in [3.63, 3.8) is 0 Å². The molecule has 1 radical (unpaired) electrons. The van der Waals surface area contributed by atoms with Crippen molar-refractivity contribution < 1.29 is 19.9 Å². The van der Waals surface area contributed by atoms with Crippen LogP contribution in [0, 0.1) is 30.3 Å². The van der Waals surface area contributed by atoms with Crippen LogP contribution in [0.2, 0.25) is 0 Å². The third-order valence-electron chi connectivity index (χ3n) is 1.64. The van der Waals surface area contributed by atoms with Gasteiger partial charge in [0, 0.05) is 0 Å². The van der Waals surface area contributed by atoms with Crippen LogP contribution in [-0.4, -0.2) is 14.8 Å². The van der Waals surface area contributed by atoms with E-state index in [1.165, 1.54) is 0 Å². The Bertz CT molecular complexity index is 462. The molecule has 10 nitrogen and oxygen atoms in total. The largest absolute Gasteiger partial charge is 0.332 e. The minimum atomic E-state index is -1.46. The van der Waals surface area contributed by atoms with Crippen LogP contribution in [0.15, 0.2) is 12.1 Å². The number of benzene rings is 1. The maximum Gasteiger partial charge on any atom is 0.332 e. The summed E-state index contributed by atoms with van der Waals surface area (Å²) < 4.78 is 0.